The summed E-state index contributed by atoms with van der Waals surface area (Å²) in [6, 6.07) is 11.2. The third-order valence-electron chi connectivity index (χ3n) is 3.77. The Bertz CT molecular complexity index is 965. The van der Waals surface area contributed by atoms with E-state index in [-0.39, 0.29) is 6.42 Å². The molecule has 4 nitrogen and oxygen atoms in total. The first kappa shape index (κ1) is 18.7. The average molecular weight is 407 g/mol. The third-order valence-corrected chi connectivity index (χ3v) is 5.18. The van der Waals surface area contributed by atoms with Crippen LogP contribution in [0, 0.1) is 13.8 Å². The van der Waals surface area contributed by atoms with Gasteiger partial charge in [0.05, 0.1) is 12.1 Å². The van der Waals surface area contributed by atoms with Gasteiger partial charge in [-0.2, -0.15) is 0 Å². The first-order valence-corrected chi connectivity index (χ1v) is 9.41. The molecule has 7 heteroatoms. The van der Waals surface area contributed by atoms with E-state index in [4.69, 9.17) is 23.2 Å². The van der Waals surface area contributed by atoms with Gasteiger partial charge in [0.2, 0.25) is 0 Å². The highest BCUT2D eigenvalue weighted by Crippen LogP contribution is 2.36. The number of anilines is 2. The molecule has 0 amide bonds. The van der Waals surface area contributed by atoms with Crippen molar-refractivity contribution in [3.8, 4) is 11.3 Å². The number of carboxylic acids is 1. The van der Waals surface area contributed by atoms with E-state index in [9.17, 15) is 9.90 Å². The molecule has 3 rings (SSSR count). The summed E-state index contributed by atoms with van der Waals surface area (Å²) < 4.78 is 0. The van der Waals surface area contributed by atoms with Crippen LogP contribution in [0.4, 0.5) is 10.8 Å². The van der Waals surface area contributed by atoms with Gasteiger partial charge in [-0.15, -0.1) is 11.3 Å². The van der Waals surface area contributed by atoms with Gasteiger partial charge in [0.25, 0.3) is 0 Å². The van der Waals surface area contributed by atoms with Crippen LogP contribution in [-0.2, 0) is 11.2 Å². The zero-order chi connectivity index (χ0) is 18.8. The lowest BCUT2D eigenvalue weighted by atomic mass is 10.0. The van der Waals surface area contributed by atoms with Crippen molar-refractivity contribution in [3.05, 3.63) is 62.4 Å². The molecule has 2 N–H and O–H groups in total. The first-order chi connectivity index (χ1) is 12.3. The smallest absolute Gasteiger partial charge is 0.308 e. The number of carboxylic acid groups (broad SMARTS) is 1. The number of nitrogens with one attached hydrogen (secondary N) is 1. The van der Waals surface area contributed by atoms with E-state index < -0.39 is 5.97 Å². The van der Waals surface area contributed by atoms with Crippen molar-refractivity contribution in [3.63, 3.8) is 0 Å². The van der Waals surface area contributed by atoms with Gasteiger partial charge >= 0.3 is 5.97 Å². The lowest BCUT2D eigenvalue weighted by Crippen LogP contribution is -2.00. The van der Waals surface area contributed by atoms with Crippen molar-refractivity contribution < 1.29 is 9.90 Å². The van der Waals surface area contributed by atoms with Crippen molar-refractivity contribution in [2.45, 2.75) is 20.3 Å². The second-order valence-electron chi connectivity index (χ2n) is 5.96. The molecule has 2 aromatic carbocycles. The lowest BCUT2D eigenvalue weighted by Gasteiger charge is -2.06. The van der Waals surface area contributed by atoms with E-state index in [0.717, 1.165) is 16.7 Å². The number of hydrogen-bond donors (Lipinski definition) is 2. The van der Waals surface area contributed by atoms with Gasteiger partial charge in [0, 0.05) is 26.2 Å². The highest BCUT2D eigenvalue weighted by atomic mass is 35.5. The second-order valence-corrected chi connectivity index (χ2v) is 7.92. The molecule has 0 aliphatic rings. The van der Waals surface area contributed by atoms with Crippen LogP contribution in [0.3, 0.4) is 0 Å². The van der Waals surface area contributed by atoms with Crippen molar-refractivity contribution in [2.24, 2.45) is 0 Å². The molecule has 0 radical (unpaired) electrons. The molecule has 0 bridgehead atoms. The van der Waals surface area contributed by atoms with Crippen molar-refractivity contribution in [1.29, 1.82) is 0 Å². The highest BCUT2D eigenvalue weighted by molar-refractivity contribution is 7.16. The van der Waals surface area contributed by atoms with Crippen LogP contribution < -0.4 is 5.32 Å². The highest BCUT2D eigenvalue weighted by Gasteiger charge is 2.18. The van der Waals surface area contributed by atoms with Crippen LogP contribution in [0.15, 0.2) is 36.4 Å². The molecule has 0 spiro atoms. The SMILES string of the molecule is Cc1ccc(C)c(-c2nc(Nc3cc(Cl)cc(Cl)c3)sc2CC(=O)O)c1. The van der Waals surface area contributed by atoms with Crippen LogP contribution in [-0.4, -0.2) is 16.1 Å². The fourth-order valence-electron chi connectivity index (χ4n) is 2.61. The molecule has 1 aromatic heterocycles. The number of carbonyl (C=O) groups is 1. The number of halogens is 2. The molecular formula is C19H16Cl2N2O2S. The van der Waals surface area contributed by atoms with E-state index in [1.165, 1.54) is 11.3 Å². The molecule has 0 fully saturated rings. The van der Waals surface area contributed by atoms with Crippen molar-refractivity contribution in [2.75, 3.05) is 5.32 Å². The Kier molecular flexibility index (Phi) is 5.51. The maximum absolute atomic E-state index is 11.3. The monoisotopic (exact) mass is 406 g/mol. The Morgan fingerprint density at radius 2 is 1.85 bits per heavy atom. The average Bonchev–Trinajstić information content (AvgIpc) is 2.90. The fraction of sp³-hybridized carbons (Fsp3) is 0.158. The predicted octanol–water partition coefficient (Wildman–Crippen LogP) is 6.10. The number of nitrogens with zero attached hydrogens (tertiary/aromatic N) is 1. The summed E-state index contributed by atoms with van der Waals surface area (Å²) in [4.78, 5) is 16.6. The molecule has 0 saturated carbocycles. The molecular weight excluding hydrogens is 391 g/mol. The topological polar surface area (TPSA) is 62.2 Å². The lowest BCUT2D eigenvalue weighted by molar-refractivity contribution is -0.136. The number of aromatic nitrogens is 1. The summed E-state index contributed by atoms with van der Waals surface area (Å²) in [5.41, 5.74) is 4.47. The maximum atomic E-state index is 11.3. The van der Waals surface area contributed by atoms with Crippen LogP contribution in [0.5, 0.6) is 0 Å². The van der Waals surface area contributed by atoms with Crippen LogP contribution in [0.25, 0.3) is 11.3 Å². The van der Waals surface area contributed by atoms with E-state index in [1.54, 1.807) is 18.2 Å². The van der Waals surface area contributed by atoms with E-state index in [0.29, 0.717) is 31.4 Å². The molecule has 0 aliphatic heterocycles. The number of rotatable bonds is 5. The van der Waals surface area contributed by atoms with Crippen LogP contribution in [0.2, 0.25) is 10.0 Å². The molecule has 1 heterocycles. The molecule has 0 atom stereocenters. The fourth-order valence-corrected chi connectivity index (χ4v) is 4.13. The summed E-state index contributed by atoms with van der Waals surface area (Å²) in [5.74, 6) is -0.891. The summed E-state index contributed by atoms with van der Waals surface area (Å²) >= 11 is 13.4. The summed E-state index contributed by atoms with van der Waals surface area (Å²) in [6.07, 6.45) is -0.0850. The maximum Gasteiger partial charge on any atom is 0.308 e. The van der Waals surface area contributed by atoms with Crippen molar-refractivity contribution in [1.82, 2.24) is 4.98 Å². The molecule has 0 unspecified atom stereocenters. The van der Waals surface area contributed by atoms with E-state index >= 15 is 0 Å². The normalized spacial score (nSPS) is 10.8. The van der Waals surface area contributed by atoms with Gasteiger partial charge in [-0.3, -0.25) is 4.79 Å². The summed E-state index contributed by atoms with van der Waals surface area (Å²) in [7, 11) is 0. The van der Waals surface area contributed by atoms with Crippen molar-refractivity contribution >= 4 is 51.3 Å². The minimum Gasteiger partial charge on any atom is -0.481 e. The van der Waals surface area contributed by atoms with E-state index in [1.807, 2.05) is 32.0 Å². The predicted molar refractivity (Wildman–Crippen MR) is 108 cm³/mol. The van der Waals surface area contributed by atoms with Gasteiger partial charge in [0.1, 0.15) is 0 Å². The molecule has 0 saturated heterocycles. The van der Waals surface area contributed by atoms with Gasteiger partial charge in [-0.05, 0) is 43.7 Å². The minimum absolute atomic E-state index is 0.0850. The van der Waals surface area contributed by atoms with Crippen LogP contribution >= 0.6 is 34.5 Å². The van der Waals surface area contributed by atoms with Gasteiger partial charge in [0.15, 0.2) is 5.13 Å². The van der Waals surface area contributed by atoms with Crippen LogP contribution in [0.1, 0.15) is 16.0 Å². The molecule has 26 heavy (non-hydrogen) atoms. The number of thiazole rings is 1. The number of benzene rings is 2. The zero-order valence-corrected chi connectivity index (χ0v) is 16.5. The number of aryl methyl sites for hydroxylation is 2. The minimum atomic E-state index is -0.891. The Labute approximate surface area is 165 Å². The standard InChI is InChI=1S/C19H16Cl2N2O2S/c1-10-3-4-11(2)15(5-10)18-16(9-17(24)25)26-19(23-18)22-14-7-12(20)6-13(21)8-14/h3-8H,9H2,1-2H3,(H,22,23)(H,24,25). The van der Waals surface area contributed by atoms with E-state index in [2.05, 4.69) is 10.3 Å². The molecule has 3 aromatic rings. The number of hydrogen-bond acceptors (Lipinski definition) is 4. The third kappa shape index (κ3) is 4.36. The Hall–Kier alpha value is -2.08. The molecule has 0 aliphatic carbocycles. The number of aliphatic carboxylic acids is 1. The molecule has 134 valence electrons. The second kappa shape index (κ2) is 7.66. The van der Waals surface area contributed by atoms with Gasteiger partial charge in [-0.25, -0.2) is 4.98 Å². The summed E-state index contributed by atoms with van der Waals surface area (Å²) in [6.45, 7) is 3.99. The Morgan fingerprint density at radius 1 is 1.15 bits per heavy atom. The zero-order valence-electron chi connectivity index (χ0n) is 14.1. The van der Waals surface area contributed by atoms with Gasteiger partial charge < -0.3 is 10.4 Å². The Balaban J connectivity index is 2.04. The largest absolute Gasteiger partial charge is 0.481 e. The quantitative estimate of drug-likeness (QED) is 0.536. The Morgan fingerprint density at radius 3 is 2.50 bits per heavy atom. The van der Waals surface area contributed by atoms with Gasteiger partial charge in [-0.1, -0.05) is 40.9 Å². The summed E-state index contributed by atoms with van der Waals surface area (Å²) in [5, 5.41) is 14.0. The first-order valence-electron chi connectivity index (χ1n) is 7.84.